The van der Waals surface area contributed by atoms with Gasteiger partial charge < -0.3 is 14.8 Å². The second kappa shape index (κ2) is 4.91. The van der Waals surface area contributed by atoms with E-state index in [4.69, 9.17) is 10.2 Å². The van der Waals surface area contributed by atoms with Crippen molar-refractivity contribution in [1.82, 2.24) is 4.57 Å². The van der Waals surface area contributed by atoms with Crippen LogP contribution in [0.4, 0.5) is 0 Å². The van der Waals surface area contributed by atoms with E-state index in [1.165, 1.54) is 0 Å². The van der Waals surface area contributed by atoms with Crippen LogP contribution >= 0.6 is 0 Å². The largest absolute Gasteiger partial charge is 0.480 e. The number of nitrogens with zero attached hydrogens (tertiary/aromatic N) is 1. The Labute approximate surface area is 87.2 Å². The van der Waals surface area contributed by atoms with Gasteiger partial charge in [0.15, 0.2) is 0 Å². The number of carboxylic acids is 1. The summed E-state index contributed by atoms with van der Waals surface area (Å²) in [5, 5.41) is 18.1. The third-order valence-corrected chi connectivity index (χ3v) is 4.37. The van der Waals surface area contributed by atoms with Gasteiger partial charge in [-0.2, -0.15) is 0 Å². The standard InChI is InChI=1S/C9H21NO3Si/c1-9(2,3)10(14(4)5)7(6-11)8(12)13/h7,11,14H,6H2,1-5H3,(H,12,13). The molecule has 0 aromatic heterocycles. The lowest BCUT2D eigenvalue weighted by Crippen LogP contribution is -2.58. The van der Waals surface area contributed by atoms with E-state index in [0.29, 0.717) is 0 Å². The van der Waals surface area contributed by atoms with E-state index in [-0.39, 0.29) is 12.1 Å². The number of aliphatic hydroxyl groups is 1. The maximum atomic E-state index is 10.9. The Bertz CT molecular complexity index is 201. The molecule has 0 amide bonds. The number of aliphatic hydroxyl groups excluding tert-OH is 1. The predicted molar refractivity (Wildman–Crippen MR) is 59.0 cm³/mol. The maximum Gasteiger partial charge on any atom is 0.322 e. The highest BCUT2D eigenvalue weighted by atomic mass is 28.3. The topological polar surface area (TPSA) is 60.8 Å². The van der Waals surface area contributed by atoms with Crippen LogP contribution in [0.5, 0.6) is 0 Å². The lowest BCUT2D eigenvalue weighted by molar-refractivity contribution is -0.144. The van der Waals surface area contributed by atoms with Crippen LogP contribution in [0.15, 0.2) is 0 Å². The van der Waals surface area contributed by atoms with Crippen LogP contribution in [0.2, 0.25) is 13.1 Å². The average Bonchev–Trinajstić information content (AvgIpc) is 1.95. The summed E-state index contributed by atoms with van der Waals surface area (Å²) in [5.74, 6) is -0.941. The molecule has 0 saturated carbocycles. The van der Waals surface area contributed by atoms with Crippen LogP contribution in [-0.4, -0.2) is 47.9 Å². The Hall–Kier alpha value is -0.393. The molecule has 0 aliphatic carbocycles. The first kappa shape index (κ1) is 13.6. The van der Waals surface area contributed by atoms with Crippen LogP contribution in [0.1, 0.15) is 20.8 Å². The molecule has 0 bridgehead atoms. The van der Waals surface area contributed by atoms with Gasteiger partial charge >= 0.3 is 5.97 Å². The number of carboxylic acid groups (broad SMARTS) is 1. The third-order valence-electron chi connectivity index (χ3n) is 2.12. The zero-order chi connectivity index (χ0) is 11.5. The van der Waals surface area contributed by atoms with Crippen LogP contribution in [0.25, 0.3) is 0 Å². The van der Waals surface area contributed by atoms with Gasteiger partial charge in [-0.25, -0.2) is 0 Å². The highest BCUT2D eigenvalue weighted by molar-refractivity contribution is 6.53. The van der Waals surface area contributed by atoms with Crippen molar-refractivity contribution in [3.8, 4) is 0 Å². The molecule has 0 radical (unpaired) electrons. The smallest absolute Gasteiger partial charge is 0.322 e. The number of hydrogen-bond donors (Lipinski definition) is 2. The zero-order valence-electron chi connectivity index (χ0n) is 9.61. The summed E-state index contributed by atoms with van der Waals surface area (Å²) in [5.41, 5.74) is -0.202. The van der Waals surface area contributed by atoms with Crippen molar-refractivity contribution < 1.29 is 15.0 Å². The summed E-state index contributed by atoms with van der Waals surface area (Å²) < 4.78 is 1.94. The zero-order valence-corrected chi connectivity index (χ0v) is 10.8. The molecule has 0 fully saturated rings. The minimum atomic E-state index is -1.25. The second-order valence-corrected chi connectivity index (χ2v) is 7.45. The van der Waals surface area contributed by atoms with Gasteiger partial charge in [0.2, 0.25) is 0 Å². The number of carbonyl (C=O) groups is 1. The Morgan fingerprint density at radius 3 is 1.93 bits per heavy atom. The molecule has 0 spiro atoms. The van der Waals surface area contributed by atoms with E-state index in [9.17, 15) is 4.79 Å². The van der Waals surface area contributed by atoms with Crippen LogP contribution in [0, 0.1) is 0 Å². The molecular formula is C9H21NO3Si. The van der Waals surface area contributed by atoms with Crippen LogP contribution < -0.4 is 0 Å². The number of aliphatic carboxylic acids is 1. The molecule has 0 aromatic rings. The quantitative estimate of drug-likeness (QED) is 0.677. The summed E-state index contributed by atoms with van der Waals surface area (Å²) >= 11 is 0. The van der Waals surface area contributed by atoms with Crippen LogP contribution in [0.3, 0.4) is 0 Å². The Balaban J connectivity index is 4.89. The molecule has 0 aliphatic heterocycles. The molecule has 4 nitrogen and oxygen atoms in total. The predicted octanol–water partition coefficient (Wildman–Crippen LogP) is 0.516. The Morgan fingerprint density at radius 1 is 1.43 bits per heavy atom. The number of rotatable bonds is 4. The lowest BCUT2D eigenvalue weighted by Gasteiger charge is -2.42. The van der Waals surface area contributed by atoms with E-state index in [2.05, 4.69) is 13.1 Å². The molecule has 1 atom stereocenters. The van der Waals surface area contributed by atoms with Crippen molar-refractivity contribution in [1.29, 1.82) is 0 Å². The highest BCUT2D eigenvalue weighted by Crippen LogP contribution is 2.19. The van der Waals surface area contributed by atoms with E-state index < -0.39 is 21.0 Å². The fourth-order valence-corrected chi connectivity index (χ4v) is 4.38. The number of hydrogen-bond acceptors (Lipinski definition) is 3. The van der Waals surface area contributed by atoms with Gasteiger partial charge in [-0.15, -0.1) is 0 Å². The van der Waals surface area contributed by atoms with Crippen molar-refractivity contribution in [3.05, 3.63) is 0 Å². The Morgan fingerprint density at radius 2 is 1.86 bits per heavy atom. The van der Waals surface area contributed by atoms with Gasteiger partial charge in [-0.3, -0.25) is 4.79 Å². The third kappa shape index (κ3) is 3.40. The van der Waals surface area contributed by atoms with Gasteiger partial charge in [-0.1, -0.05) is 13.1 Å². The van der Waals surface area contributed by atoms with Crippen molar-refractivity contribution in [2.45, 2.75) is 45.4 Å². The normalized spacial score (nSPS) is 14.9. The second-order valence-electron chi connectivity index (χ2n) is 4.71. The van der Waals surface area contributed by atoms with E-state index in [1.807, 2.05) is 25.3 Å². The summed E-state index contributed by atoms with van der Waals surface area (Å²) in [6, 6.07) is -0.762. The molecule has 0 aromatic carbocycles. The van der Waals surface area contributed by atoms with Gasteiger partial charge in [0.25, 0.3) is 0 Å². The molecule has 0 aliphatic rings. The van der Waals surface area contributed by atoms with Crippen molar-refractivity contribution in [3.63, 3.8) is 0 Å². The molecule has 14 heavy (non-hydrogen) atoms. The first-order valence-electron chi connectivity index (χ1n) is 4.84. The van der Waals surface area contributed by atoms with Crippen molar-refractivity contribution in [2.24, 2.45) is 0 Å². The SMILES string of the molecule is C[SiH](C)N(C(CO)C(=O)O)C(C)(C)C. The first-order valence-corrected chi connectivity index (χ1v) is 7.66. The first-order chi connectivity index (χ1) is 6.21. The van der Waals surface area contributed by atoms with Crippen LogP contribution in [-0.2, 0) is 4.79 Å². The minimum absolute atomic E-state index is 0.202. The minimum Gasteiger partial charge on any atom is -0.480 e. The van der Waals surface area contributed by atoms with Gasteiger partial charge in [0.1, 0.15) is 15.0 Å². The van der Waals surface area contributed by atoms with E-state index >= 15 is 0 Å². The summed E-state index contributed by atoms with van der Waals surface area (Å²) in [4.78, 5) is 10.9. The van der Waals surface area contributed by atoms with Crippen molar-refractivity contribution >= 4 is 14.9 Å². The van der Waals surface area contributed by atoms with Crippen molar-refractivity contribution in [2.75, 3.05) is 6.61 Å². The molecule has 2 N–H and O–H groups in total. The molecule has 1 unspecified atom stereocenters. The molecule has 84 valence electrons. The highest BCUT2D eigenvalue weighted by Gasteiger charge is 2.34. The van der Waals surface area contributed by atoms with E-state index in [1.54, 1.807) is 0 Å². The summed E-state index contributed by atoms with van der Waals surface area (Å²) in [7, 11) is -1.25. The fourth-order valence-electron chi connectivity index (χ4n) is 1.89. The molecule has 5 heteroatoms. The lowest BCUT2D eigenvalue weighted by atomic mass is 10.1. The van der Waals surface area contributed by atoms with Gasteiger partial charge in [0.05, 0.1) is 6.61 Å². The summed E-state index contributed by atoms with van der Waals surface area (Å²) in [6.45, 7) is 9.74. The van der Waals surface area contributed by atoms with Gasteiger partial charge in [-0.05, 0) is 20.8 Å². The molecule has 0 saturated heterocycles. The Kier molecular flexibility index (Phi) is 4.77. The van der Waals surface area contributed by atoms with E-state index in [0.717, 1.165) is 0 Å². The maximum absolute atomic E-state index is 10.9. The van der Waals surface area contributed by atoms with Gasteiger partial charge in [0, 0.05) is 5.54 Å². The molecule has 0 heterocycles. The molecular weight excluding hydrogens is 198 g/mol. The summed E-state index contributed by atoms with van der Waals surface area (Å²) in [6.07, 6.45) is 0. The average molecular weight is 219 g/mol. The fraction of sp³-hybridized carbons (Fsp3) is 0.889. The monoisotopic (exact) mass is 219 g/mol. The molecule has 0 rings (SSSR count).